The van der Waals surface area contributed by atoms with Gasteiger partial charge in [0, 0.05) is 28.6 Å². The predicted molar refractivity (Wildman–Crippen MR) is 97.5 cm³/mol. The minimum absolute atomic E-state index is 0.201. The van der Waals surface area contributed by atoms with Crippen LogP contribution in [-0.2, 0) is 9.59 Å². The second kappa shape index (κ2) is 8.72. The molecule has 0 radical (unpaired) electrons. The Hall–Kier alpha value is -2.81. The van der Waals surface area contributed by atoms with Gasteiger partial charge >= 0.3 is 6.36 Å². The van der Waals surface area contributed by atoms with Gasteiger partial charge in [0.05, 0.1) is 6.54 Å². The average molecular weight is 398 g/mol. The monoisotopic (exact) mass is 398 g/mol. The highest BCUT2D eigenvalue weighted by Gasteiger charge is 2.30. The van der Waals surface area contributed by atoms with Crippen LogP contribution in [0.4, 0.5) is 18.9 Å². The molecule has 0 unspecified atom stereocenters. The lowest BCUT2D eigenvalue weighted by Crippen LogP contribution is -2.33. The maximum Gasteiger partial charge on any atom is 0.573 e. The van der Waals surface area contributed by atoms with Crippen LogP contribution < -0.4 is 10.1 Å². The van der Waals surface area contributed by atoms with Crippen LogP contribution in [0.2, 0.25) is 0 Å². The summed E-state index contributed by atoms with van der Waals surface area (Å²) in [6.07, 6.45) is -1.72. The fraction of sp³-hybridized carbons (Fsp3) is 0.222. The number of hydrogen-bond acceptors (Lipinski definition) is 4. The van der Waals surface area contributed by atoms with Crippen molar-refractivity contribution in [1.29, 1.82) is 0 Å². The summed E-state index contributed by atoms with van der Waals surface area (Å²) < 4.78 is 40.1. The molecular weight excluding hydrogens is 381 g/mol. The summed E-state index contributed by atoms with van der Waals surface area (Å²) in [4.78, 5) is 27.3. The van der Waals surface area contributed by atoms with Crippen LogP contribution >= 0.6 is 11.3 Å². The van der Waals surface area contributed by atoms with Gasteiger partial charge in [-0.05, 0) is 49.4 Å². The van der Waals surface area contributed by atoms with E-state index in [0.29, 0.717) is 5.69 Å². The second-order valence-corrected chi connectivity index (χ2v) is 6.92. The molecule has 1 aromatic carbocycles. The van der Waals surface area contributed by atoms with Gasteiger partial charge in [0.25, 0.3) is 0 Å². The number of amides is 2. The molecule has 1 aromatic heterocycles. The van der Waals surface area contributed by atoms with Crippen molar-refractivity contribution < 1.29 is 27.5 Å². The molecule has 0 saturated heterocycles. The van der Waals surface area contributed by atoms with E-state index in [4.69, 9.17) is 0 Å². The Morgan fingerprint density at radius 3 is 2.41 bits per heavy atom. The highest BCUT2D eigenvalue weighted by Crippen LogP contribution is 2.24. The topological polar surface area (TPSA) is 58.6 Å². The lowest BCUT2D eigenvalue weighted by Gasteiger charge is -2.15. The summed E-state index contributed by atoms with van der Waals surface area (Å²) in [7, 11) is 1.48. The van der Waals surface area contributed by atoms with E-state index in [0.717, 1.165) is 21.9 Å². The third-order valence-corrected chi connectivity index (χ3v) is 4.25. The third-order valence-electron chi connectivity index (χ3n) is 3.28. The van der Waals surface area contributed by atoms with E-state index in [-0.39, 0.29) is 18.2 Å². The Morgan fingerprint density at radius 2 is 1.85 bits per heavy atom. The average Bonchev–Trinajstić information content (AvgIpc) is 2.98. The Labute approximate surface area is 158 Å². The first-order chi connectivity index (χ1) is 12.6. The van der Waals surface area contributed by atoms with Crippen molar-refractivity contribution in [2.75, 3.05) is 18.9 Å². The molecule has 1 heterocycles. The first kappa shape index (κ1) is 20.5. The number of rotatable bonds is 6. The molecule has 2 aromatic rings. The zero-order chi connectivity index (χ0) is 20.0. The molecule has 0 aliphatic carbocycles. The lowest BCUT2D eigenvalue weighted by molar-refractivity contribution is -0.274. The molecule has 0 aliphatic heterocycles. The maximum absolute atomic E-state index is 12.1. The largest absolute Gasteiger partial charge is 0.573 e. The molecule has 0 aliphatic rings. The molecule has 0 saturated carbocycles. The van der Waals surface area contributed by atoms with Gasteiger partial charge in [-0.25, -0.2) is 0 Å². The summed E-state index contributed by atoms with van der Waals surface area (Å²) in [5, 5.41) is 2.50. The Kier molecular flexibility index (Phi) is 6.62. The molecule has 144 valence electrons. The number of thiophene rings is 1. The standard InChI is InChI=1S/C18H17F3N2O3S/c1-12-3-8-15(27-12)9-10-17(25)23(2)11-16(24)22-13-4-6-14(7-5-13)26-18(19,20)21/h3-10H,11H2,1-2H3,(H,22,24)/b10-9+. The zero-order valence-electron chi connectivity index (χ0n) is 14.5. The summed E-state index contributed by atoms with van der Waals surface area (Å²) in [5.74, 6) is -1.21. The van der Waals surface area contributed by atoms with Gasteiger partial charge < -0.3 is 15.0 Å². The summed E-state index contributed by atoms with van der Waals surface area (Å²) in [6.45, 7) is 1.76. The first-order valence-corrected chi connectivity index (χ1v) is 8.59. The quantitative estimate of drug-likeness (QED) is 0.747. The number of anilines is 1. The number of nitrogens with zero attached hydrogens (tertiary/aromatic N) is 1. The fourth-order valence-corrected chi connectivity index (χ4v) is 2.84. The summed E-state index contributed by atoms with van der Waals surface area (Å²) in [5.41, 5.74) is 0.292. The fourth-order valence-electron chi connectivity index (χ4n) is 2.06. The number of ether oxygens (including phenoxy) is 1. The van der Waals surface area contributed by atoms with E-state index in [1.54, 1.807) is 17.4 Å². The van der Waals surface area contributed by atoms with E-state index in [1.807, 2.05) is 19.1 Å². The molecule has 2 rings (SSSR count). The SMILES string of the molecule is Cc1ccc(/C=C/C(=O)N(C)CC(=O)Nc2ccc(OC(F)(F)F)cc2)s1. The second-order valence-electron chi connectivity index (χ2n) is 5.60. The molecule has 0 bridgehead atoms. The molecular formula is C18H17F3N2O3S. The van der Waals surface area contributed by atoms with Crippen molar-refractivity contribution in [3.05, 3.63) is 52.2 Å². The van der Waals surface area contributed by atoms with Crippen LogP contribution in [0.1, 0.15) is 9.75 Å². The van der Waals surface area contributed by atoms with E-state index < -0.39 is 12.3 Å². The first-order valence-electron chi connectivity index (χ1n) is 7.78. The molecule has 0 fully saturated rings. The highest BCUT2D eigenvalue weighted by atomic mass is 32.1. The van der Waals surface area contributed by atoms with Gasteiger partial charge in [0.1, 0.15) is 5.75 Å². The number of halogens is 3. The molecule has 1 N–H and O–H groups in total. The van der Waals surface area contributed by atoms with Gasteiger partial charge in [0.15, 0.2) is 0 Å². The smallest absolute Gasteiger partial charge is 0.406 e. The van der Waals surface area contributed by atoms with E-state index in [9.17, 15) is 22.8 Å². The van der Waals surface area contributed by atoms with Crippen LogP contribution in [-0.4, -0.2) is 36.7 Å². The number of carbonyl (C=O) groups is 2. The Balaban J connectivity index is 1.85. The Bertz CT molecular complexity index is 829. The van der Waals surface area contributed by atoms with Crippen LogP contribution in [0.3, 0.4) is 0 Å². The zero-order valence-corrected chi connectivity index (χ0v) is 15.4. The van der Waals surface area contributed by atoms with Crippen LogP contribution in [0.25, 0.3) is 6.08 Å². The van der Waals surface area contributed by atoms with E-state index in [2.05, 4.69) is 10.1 Å². The number of benzene rings is 1. The van der Waals surface area contributed by atoms with Gasteiger partial charge in [0.2, 0.25) is 11.8 Å². The molecule has 2 amide bonds. The molecule has 0 spiro atoms. The third kappa shape index (κ3) is 7.14. The molecule has 27 heavy (non-hydrogen) atoms. The van der Waals surface area contributed by atoms with Crippen molar-refractivity contribution in [3.63, 3.8) is 0 Å². The normalized spacial score (nSPS) is 11.4. The predicted octanol–water partition coefficient (Wildman–Crippen LogP) is 4.07. The van der Waals surface area contributed by atoms with Gasteiger partial charge in [-0.15, -0.1) is 24.5 Å². The van der Waals surface area contributed by atoms with Crippen LogP contribution in [0, 0.1) is 6.92 Å². The van der Waals surface area contributed by atoms with Crippen molar-refractivity contribution >= 4 is 34.9 Å². The van der Waals surface area contributed by atoms with Gasteiger partial charge in [-0.1, -0.05) is 0 Å². The number of alkyl halides is 3. The van der Waals surface area contributed by atoms with Crippen molar-refractivity contribution in [3.8, 4) is 5.75 Å². The number of hydrogen-bond donors (Lipinski definition) is 1. The molecule has 5 nitrogen and oxygen atoms in total. The minimum atomic E-state index is -4.77. The number of nitrogens with one attached hydrogen (secondary N) is 1. The van der Waals surface area contributed by atoms with Gasteiger partial charge in [-0.2, -0.15) is 0 Å². The van der Waals surface area contributed by atoms with E-state index in [1.165, 1.54) is 30.2 Å². The van der Waals surface area contributed by atoms with Crippen molar-refractivity contribution in [1.82, 2.24) is 4.90 Å². The van der Waals surface area contributed by atoms with Crippen LogP contribution in [0.15, 0.2) is 42.5 Å². The summed E-state index contributed by atoms with van der Waals surface area (Å²) >= 11 is 1.54. The van der Waals surface area contributed by atoms with Gasteiger partial charge in [-0.3, -0.25) is 9.59 Å². The molecule has 0 atom stereocenters. The van der Waals surface area contributed by atoms with E-state index >= 15 is 0 Å². The Morgan fingerprint density at radius 1 is 1.19 bits per heavy atom. The highest BCUT2D eigenvalue weighted by molar-refractivity contribution is 7.12. The van der Waals surface area contributed by atoms with Crippen molar-refractivity contribution in [2.24, 2.45) is 0 Å². The number of likely N-dealkylation sites (N-methyl/N-ethyl adjacent to an activating group) is 1. The summed E-state index contributed by atoms with van der Waals surface area (Å²) in [6, 6.07) is 8.56. The number of carbonyl (C=O) groups excluding carboxylic acids is 2. The van der Waals surface area contributed by atoms with Crippen LogP contribution in [0.5, 0.6) is 5.75 Å². The molecule has 9 heteroatoms. The number of aryl methyl sites for hydroxylation is 1. The lowest BCUT2D eigenvalue weighted by atomic mass is 10.3. The van der Waals surface area contributed by atoms with Crippen molar-refractivity contribution in [2.45, 2.75) is 13.3 Å². The maximum atomic E-state index is 12.1. The minimum Gasteiger partial charge on any atom is -0.406 e.